The van der Waals surface area contributed by atoms with Crippen molar-refractivity contribution in [3.8, 4) is 22.8 Å². The molecule has 0 saturated heterocycles. The number of hydrazine groups is 1. The summed E-state index contributed by atoms with van der Waals surface area (Å²) in [4.78, 5) is 8.22. The Kier molecular flexibility index (Phi) is 3.75. The number of hydrogen-bond acceptors (Lipinski definition) is 5. The number of benzene rings is 2. The number of hydrogen-bond donors (Lipinski definition) is 2. The minimum atomic E-state index is 0.383. The molecule has 3 rings (SSSR count). The molecule has 0 atom stereocenters. The number of anilines is 1. The van der Waals surface area contributed by atoms with Crippen molar-refractivity contribution in [3.63, 3.8) is 0 Å². The highest BCUT2D eigenvalue weighted by molar-refractivity contribution is 5.70. The van der Waals surface area contributed by atoms with E-state index in [1.54, 1.807) is 6.20 Å². The van der Waals surface area contributed by atoms with Crippen molar-refractivity contribution in [2.75, 3.05) is 5.43 Å². The summed E-state index contributed by atoms with van der Waals surface area (Å²) in [5, 5.41) is 0. The topological polar surface area (TPSA) is 73.1 Å². The fourth-order valence-corrected chi connectivity index (χ4v) is 1.99. The molecule has 0 aliphatic rings. The van der Waals surface area contributed by atoms with Gasteiger partial charge in [0.2, 0.25) is 5.88 Å². The van der Waals surface area contributed by atoms with E-state index < -0.39 is 0 Å². The van der Waals surface area contributed by atoms with Crippen molar-refractivity contribution in [2.45, 2.75) is 0 Å². The van der Waals surface area contributed by atoms with Gasteiger partial charge in [-0.25, -0.2) is 5.84 Å². The Bertz CT molecular complexity index is 731. The van der Waals surface area contributed by atoms with Gasteiger partial charge in [0.05, 0.1) is 12.4 Å². The maximum Gasteiger partial charge on any atom is 0.239 e. The van der Waals surface area contributed by atoms with Gasteiger partial charge in [-0.05, 0) is 11.6 Å². The quantitative estimate of drug-likeness (QED) is 0.566. The number of para-hydroxylation sites is 1. The van der Waals surface area contributed by atoms with Gasteiger partial charge in [0.25, 0.3) is 0 Å². The number of aromatic nitrogens is 2. The first kappa shape index (κ1) is 13.1. The van der Waals surface area contributed by atoms with Crippen LogP contribution in [0.3, 0.4) is 0 Å². The van der Waals surface area contributed by atoms with Crippen LogP contribution in [0.25, 0.3) is 11.1 Å². The number of nitrogens with zero attached hydrogens (tertiary/aromatic N) is 2. The standard InChI is InChI=1S/C16H14N4O/c17-20-15-10-18-11-16(19-15)21-14-9-5-4-8-13(14)12-6-2-1-3-7-12/h1-11H,17H2,(H,19,20). The monoisotopic (exact) mass is 278 g/mol. The Morgan fingerprint density at radius 3 is 2.48 bits per heavy atom. The Balaban J connectivity index is 1.96. The van der Waals surface area contributed by atoms with Crippen LogP contribution in [0, 0.1) is 0 Å². The van der Waals surface area contributed by atoms with Crippen LogP contribution in [0.1, 0.15) is 0 Å². The van der Waals surface area contributed by atoms with Gasteiger partial charge in [-0.15, -0.1) is 0 Å². The summed E-state index contributed by atoms with van der Waals surface area (Å²) >= 11 is 0. The van der Waals surface area contributed by atoms with Crippen molar-refractivity contribution < 1.29 is 4.74 Å². The van der Waals surface area contributed by atoms with E-state index in [4.69, 9.17) is 10.6 Å². The van der Waals surface area contributed by atoms with Crippen LogP contribution < -0.4 is 16.0 Å². The maximum atomic E-state index is 5.84. The molecule has 104 valence electrons. The molecule has 2 aromatic carbocycles. The van der Waals surface area contributed by atoms with Crippen molar-refractivity contribution in [3.05, 3.63) is 67.0 Å². The average Bonchev–Trinajstić information content (AvgIpc) is 2.56. The van der Waals surface area contributed by atoms with Crippen LogP contribution in [0.2, 0.25) is 0 Å². The van der Waals surface area contributed by atoms with E-state index in [2.05, 4.69) is 15.4 Å². The van der Waals surface area contributed by atoms with Crippen LogP contribution in [0.15, 0.2) is 67.0 Å². The molecule has 0 aliphatic heterocycles. The SMILES string of the molecule is NNc1cncc(Oc2ccccc2-c2ccccc2)n1. The fourth-order valence-electron chi connectivity index (χ4n) is 1.99. The van der Waals surface area contributed by atoms with Gasteiger partial charge >= 0.3 is 0 Å². The first-order valence-electron chi connectivity index (χ1n) is 6.48. The first-order valence-corrected chi connectivity index (χ1v) is 6.48. The van der Waals surface area contributed by atoms with Crippen LogP contribution >= 0.6 is 0 Å². The molecule has 5 heteroatoms. The Morgan fingerprint density at radius 1 is 0.905 bits per heavy atom. The second-order valence-electron chi connectivity index (χ2n) is 4.35. The smallest absolute Gasteiger partial charge is 0.239 e. The van der Waals surface area contributed by atoms with E-state index in [9.17, 15) is 0 Å². The van der Waals surface area contributed by atoms with E-state index >= 15 is 0 Å². The van der Waals surface area contributed by atoms with E-state index in [0.717, 1.165) is 11.1 Å². The number of nitrogen functional groups attached to an aromatic ring is 1. The maximum absolute atomic E-state index is 5.84. The summed E-state index contributed by atoms with van der Waals surface area (Å²) in [6, 6.07) is 17.8. The molecular weight excluding hydrogens is 264 g/mol. The van der Waals surface area contributed by atoms with Gasteiger partial charge < -0.3 is 10.2 Å². The highest BCUT2D eigenvalue weighted by Gasteiger charge is 2.07. The van der Waals surface area contributed by atoms with Gasteiger partial charge in [0.15, 0.2) is 5.82 Å². The van der Waals surface area contributed by atoms with Crippen molar-refractivity contribution in [1.82, 2.24) is 9.97 Å². The van der Waals surface area contributed by atoms with Crippen molar-refractivity contribution in [2.24, 2.45) is 5.84 Å². The number of nitrogens with two attached hydrogens (primary N) is 1. The van der Waals surface area contributed by atoms with Crippen LogP contribution in [-0.2, 0) is 0 Å². The minimum absolute atomic E-state index is 0.383. The molecule has 0 radical (unpaired) electrons. The lowest BCUT2D eigenvalue weighted by Gasteiger charge is -2.10. The molecule has 5 nitrogen and oxygen atoms in total. The minimum Gasteiger partial charge on any atom is -0.437 e. The highest BCUT2D eigenvalue weighted by Crippen LogP contribution is 2.32. The Labute approximate surface area is 122 Å². The van der Waals surface area contributed by atoms with Crippen LogP contribution in [-0.4, -0.2) is 9.97 Å². The van der Waals surface area contributed by atoms with Crippen molar-refractivity contribution >= 4 is 5.82 Å². The summed E-state index contributed by atoms with van der Waals surface area (Å²) in [7, 11) is 0. The van der Waals surface area contributed by atoms with E-state index in [1.165, 1.54) is 6.20 Å². The predicted octanol–water partition coefficient (Wildman–Crippen LogP) is 3.22. The molecule has 3 N–H and O–H groups in total. The van der Waals surface area contributed by atoms with Gasteiger partial charge in [0, 0.05) is 5.56 Å². The molecule has 1 heterocycles. The molecule has 0 amide bonds. The van der Waals surface area contributed by atoms with Gasteiger partial charge in [-0.3, -0.25) is 4.98 Å². The number of nitrogens with one attached hydrogen (secondary N) is 1. The lowest BCUT2D eigenvalue weighted by Crippen LogP contribution is -2.09. The summed E-state index contributed by atoms with van der Waals surface area (Å²) < 4.78 is 5.84. The lowest BCUT2D eigenvalue weighted by atomic mass is 10.1. The molecule has 0 fully saturated rings. The third-order valence-corrected chi connectivity index (χ3v) is 2.95. The molecule has 0 aliphatic carbocycles. The zero-order chi connectivity index (χ0) is 14.5. The zero-order valence-corrected chi connectivity index (χ0v) is 11.2. The largest absolute Gasteiger partial charge is 0.437 e. The number of rotatable bonds is 4. The Morgan fingerprint density at radius 2 is 1.67 bits per heavy atom. The predicted molar refractivity (Wildman–Crippen MR) is 81.8 cm³/mol. The average molecular weight is 278 g/mol. The molecule has 0 spiro atoms. The molecule has 1 aromatic heterocycles. The van der Waals surface area contributed by atoms with E-state index in [1.807, 2.05) is 54.6 Å². The molecular formula is C16H14N4O. The summed E-state index contributed by atoms with van der Waals surface area (Å²) in [5.41, 5.74) is 4.52. The van der Waals surface area contributed by atoms with E-state index in [0.29, 0.717) is 17.4 Å². The van der Waals surface area contributed by atoms with Crippen LogP contribution in [0.4, 0.5) is 5.82 Å². The van der Waals surface area contributed by atoms with Crippen molar-refractivity contribution in [1.29, 1.82) is 0 Å². The second-order valence-corrected chi connectivity index (χ2v) is 4.35. The summed E-state index contributed by atoms with van der Waals surface area (Å²) in [6.45, 7) is 0. The van der Waals surface area contributed by atoms with Gasteiger partial charge in [-0.1, -0.05) is 48.5 Å². The summed E-state index contributed by atoms with van der Waals surface area (Å²) in [5.74, 6) is 6.87. The summed E-state index contributed by atoms with van der Waals surface area (Å²) in [6.07, 6.45) is 3.07. The van der Waals surface area contributed by atoms with Crippen LogP contribution in [0.5, 0.6) is 11.6 Å². The molecule has 21 heavy (non-hydrogen) atoms. The molecule has 0 unspecified atom stereocenters. The lowest BCUT2D eigenvalue weighted by molar-refractivity contribution is 0.462. The normalized spacial score (nSPS) is 10.1. The molecule has 3 aromatic rings. The third-order valence-electron chi connectivity index (χ3n) is 2.95. The molecule has 0 saturated carbocycles. The first-order chi connectivity index (χ1) is 10.4. The molecule has 0 bridgehead atoms. The fraction of sp³-hybridized carbons (Fsp3) is 0. The van der Waals surface area contributed by atoms with Gasteiger partial charge in [0.1, 0.15) is 5.75 Å². The van der Waals surface area contributed by atoms with Gasteiger partial charge in [-0.2, -0.15) is 4.98 Å². The van der Waals surface area contributed by atoms with E-state index in [-0.39, 0.29) is 0 Å². The number of ether oxygens (including phenoxy) is 1. The second kappa shape index (κ2) is 6.02. The highest BCUT2D eigenvalue weighted by atomic mass is 16.5. The Hall–Kier alpha value is -2.92. The zero-order valence-electron chi connectivity index (χ0n) is 11.2. The third kappa shape index (κ3) is 2.98.